The van der Waals surface area contributed by atoms with E-state index in [0.717, 1.165) is 28.0 Å². The third kappa shape index (κ3) is 3.11. The van der Waals surface area contributed by atoms with E-state index in [1.54, 1.807) is 12.3 Å². The third-order valence-electron chi connectivity index (χ3n) is 3.89. The van der Waals surface area contributed by atoms with Gasteiger partial charge in [-0.25, -0.2) is 0 Å². The maximum atomic E-state index is 12.4. The zero-order chi connectivity index (χ0) is 16.6. The molecule has 0 saturated carbocycles. The number of pyridine rings is 1. The summed E-state index contributed by atoms with van der Waals surface area (Å²) in [6, 6.07) is 11.6. The summed E-state index contributed by atoms with van der Waals surface area (Å²) >= 11 is 0. The van der Waals surface area contributed by atoms with Gasteiger partial charge in [-0.2, -0.15) is 0 Å². The fourth-order valence-corrected chi connectivity index (χ4v) is 2.46. The van der Waals surface area contributed by atoms with Crippen LogP contribution in [0.25, 0.3) is 10.9 Å². The number of amides is 1. The third-order valence-corrected chi connectivity index (χ3v) is 3.89. The number of aromatic nitrogens is 2. The van der Waals surface area contributed by atoms with Crippen molar-refractivity contribution in [2.24, 2.45) is 0 Å². The first-order valence-corrected chi connectivity index (χ1v) is 7.71. The van der Waals surface area contributed by atoms with E-state index in [0.29, 0.717) is 5.56 Å². The highest BCUT2D eigenvalue weighted by Crippen LogP contribution is 2.30. The molecule has 4 nitrogen and oxygen atoms in total. The van der Waals surface area contributed by atoms with Gasteiger partial charge in [0.25, 0.3) is 5.91 Å². The fraction of sp³-hybridized carbons (Fsp3) is 0.263. The van der Waals surface area contributed by atoms with Gasteiger partial charge in [-0.05, 0) is 37.3 Å². The van der Waals surface area contributed by atoms with E-state index in [1.165, 1.54) is 0 Å². The Morgan fingerprint density at radius 3 is 2.61 bits per heavy atom. The molecule has 2 aromatic heterocycles. The molecular weight excluding hydrogens is 286 g/mol. The van der Waals surface area contributed by atoms with E-state index in [-0.39, 0.29) is 11.3 Å². The van der Waals surface area contributed by atoms with Crippen molar-refractivity contribution in [2.45, 2.75) is 33.1 Å². The lowest BCUT2D eigenvalue weighted by Gasteiger charge is -2.15. The Kier molecular flexibility index (Phi) is 3.68. The van der Waals surface area contributed by atoms with Gasteiger partial charge in [-0.1, -0.05) is 26.8 Å². The van der Waals surface area contributed by atoms with Crippen LogP contribution >= 0.6 is 0 Å². The molecule has 0 aliphatic carbocycles. The average molecular weight is 307 g/mol. The molecule has 1 amide bonds. The second-order valence-corrected chi connectivity index (χ2v) is 6.84. The van der Waals surface area contributed by atoms with Crippen LogP contribution in [0.2, 0.25) is 0 Å². The van der Waals surface area contributed by atoms with Crippen LogP contribution in [0.5, 0.6) is 0 Å². The second kappa shape index (κ2) is 5.54. The first-order chi connectivity index (χ1) is 10.8. The topological polar surface area (TPSA) is 57.8 Å². The molecule has 2 heterocycles. The van der Waals surface area contributed by atoms with Crippen LogP contribution in [0.4, 0.5) is 5.69 Å². The lowest BCUT2D eigenvalue weighted by Crippen LogP contribution is -2.12. The Morgan fingerprint density at radius 1 is 1.17 bits per heavy atom. The number of nitrogens with one attached hydrogen (secondary N) is 2. The van der Waals surface area contributed by atoms with Crippen molar-refractivity contribution in [1.82, 2.24) is 9.97 Å². The minimum Gasteiger partial charge on any atom is -0.358 e. The quantitative estimate of drug-likeness (QED) is 0.736. The summed E-state index contributed by atoms with van der Waals surface area (Å²) in [5.74, 6) is -0.150. The number of rotatable bonds is 2. The summed E-state index contributed by atoms with van der Waals surface area (Å²) in [6.07, 6.45) is 1.60. The van der Waals surface area contributed by atoms with Gasteiger partial charge in [-0.3, -0.25) is 9.78 Å². The van der Waals surface area contributed by atoms with Gasteiger partial charge in [0.2, 0.25) is 0 Å². The standard InChI is InChI=1S/C19H21N3O/c1-12-8-9-13(11-20-12)18(23)22-16-7-5-6-15-14(16)10-17(21-15)19(2,3)4/h5-11,21H,1-4H3,(H,22,23). The smallest absolute Gasteiger partial charge is 0.257 e. The predicted molar refractivity (Wildman–Crippen MR) is 93.9 cm³/mol. The van der Waals surface area contributed by atoms with Crippen LogP contribution in [0, 0.1) is 6.92 Å². The van der Waals surface area contributed by atoms with Gasteiger partial charge >= 0.3 is 0 Å². The van der Waals surface area contributed by atoms with Crippen molar-refractivity contribution in [3.63, 3.8) is 0 Å². The highest BCUT2D eigenvalue weighted by molar-refractivity contribution is 6.08. The number of hydrogen-bond acceptors (Lipinski definition) is 2. The summed E-state index contributed by atoms with van der Waals surface area (Å²) in [7, 11) is 0. The Bertz CT molecular complexity index is 854. The number of aromatic amines is 1. The molecule has 0 fully saturated rings. The van der Waals surface area contributed by atoms with E-state index in [2.05, 4.69) is 42.1 Å². The maximum Gasteiger partial charge on any atom is 0.257 e. The number of hydrogen-bond donors (Lipinski definition) is 2. The monoisotopic (exact) mass is 307 g/mol. The Hall–Kier alpha value is -2.62. The molecule has 4 heteroatoms. The highest BCUT2D eigenvalue weighted by atomic mass is 16.1. The molecule has 0 aliphatic heterocycles. The zero-order valence-electron chi connectivity index (χ0n) is 13.9. The number of fused-ring (bicyclic) bond motifs is 1. The lowest BCUT2D eigenvalue weighted by molar-refractivity contribution is 0.102. The largest absolute Gasteiger partial charge is 0.358 e. The molecule has 1 aromatic carbocycles. The van der Waals surface area contributed by atoms with Crippen LogP contribution in [-0.2, 0) is 5.41 Å². The molecule has 118 valence electrons. The molecule has 3 aromatic rings. The number of aryl methyl sites for hydroxylation is 1. The van der Waals surface area contributed by atoms with Gasteiger partial charge < -0.3 is 10.3 Å². The molecule has 2 N–H and O–H groups in total. The van der Waals surface area contributed by atoms with Crippen molar-refractivity contribution in [3.05, 3.63) is 59.5 Å². The highest BCUT2D eigenvalue weighted by Gasteiger charge is 2.18. The van der Waals surface area contributed by atoms with Gasteiger partial charge in [-0.15, -0.1) is 0 Å². The molecule has 0 bridgehead atoms. The summed E-state index contributed by atoms with van der Waals surface area (Å²) < 4.78 is 0. The number of H-pyrrole nitrogens is 1. The van der Waals surface area contributed by atoms with E-state index in [1.807, 2.05) is 31.2 Å². The second-order valence-electron chi connectivity index (χ2n) is 6.84. The number of nitrogens with zero attached hydrogens (tertiary/aromatic N) is 1. The average Bonchev–Trinajstić information content (AvgIpc) is 2.93. The van der Waals surface area contributed by atoms with Gasteiger partial charge in [0.1, 0.15) is 0 Å². The molecular formula is C19H21N3O. The summed E-state index contributed by atoms with van der Waals surface area (Å²) in [4.78, 5) is 20.0. The molecule has 0 aliphatic rings. The van der Waals surface area contributed by atoms with Crippen molar-refractivity contribution in [3.8, 4) is 0 Å². The van der Waals surface area contributed by atoms with Crippen molar-refractivity contribution < 1.29 is 4.79 Å². The summed E-state index contributed by atoms with van der Waals surface area (Å²) in [5.41, 5.74) is 4.45. The number of benzene rings is 1. The van der Waals surface area contributed by atoms with Crippen molar-refractivity contribution >= 4 is 22.5 Å². The van der Waals surface area contributed by atoms with Crippen LogP contribution < -0.4 is 5.32 Å². The number of carbonyl (C=O) groups is 1. The van der Waals surface area contributed by atoms with Crippen molar-refractivity contribution in [1.29, 1.82) is 0 Å². The predicted octanol–water partition coefficient (Wildman–Crippen LogP) is 4.42. The fourth-order valence-electron chi connectivity index (χ4n) is 2.46. The van der Waals surface area contributed by atoms with E-state index in [9.17, 15) is 4.79 Å². The molecule has 0 radical (unpaired) electrons. The minimum absolute atomic E-state index is 0.0289. The van der Waals surface area contributed by atoms with Gasteiger partial charge in [0.15, 0.2) is 0 Å². The molecule has 0 saturated heterocycles. The molecule has 0 unspecified atom stereocenters. The van der Waals surface area contributed by atoms with Crippen LogP contribution in [-0.4, -0.2) is 15.9 Å². The normalized spacial score (nSPS) is 11.7. The van der Waals surface area contributed by atoms with Gasteiger partial charge in [0.05, 0.1) is 11.3 Å². The van der Waals surface area contributed by atoms with Crippen LogP contribution in [0.15, 0.2) is 42.6 Å². The van der Waals surface area contributed by atoms with Crippen molar-refractivity contribution in [2.75, 3.05) is 5.32 Å². The van der Waals surface area contributed by atoms with Crippen LogP contribution in [0.1, 0.15) is 42.5 Å². The molecule has 3 rings (SSSR count). The minimum atomic E-state index is -0.150. The SMILES string of the molecule is Cc1ccc(C(=O)Nc2cccc3[nH]c(C(C)(C)C)cc23)cn1. The first kappa shape index (κ1) is 15.3. The van der Waals surface area contributed by atoms with E-state index < -0.39 is 0 Å². The number of anilines is 1. The maximum absolute atomic E-state index is 12.4. The summed E-state index contributed by atoms with van der Waals surface area (Å²) in [6.45, 7) is 8.38. The number of carbonyl (C=O) groups excluding carboxylic acids is 1. The Morgan fingerprint density at radius 2 is 1.96 bits per heavy atom. The van der Waals surface area contributed by atoms with Gasteiger partial charge in [0, 0.05) is 33.9 Å². The van der Waals surface area contributed by atoms with E-state index in [4.69, 9.17) is 0 Å². The van der Waals surface area contributed by atoms with E-state index >= 15 is 0 Å². The molecule has 23 heavy (non-hydrogen) atoms. The Labute approximate surface area is 136 Å². The molecule has 0 atom stereocenters. The Balaban J connectivity index is 1.95. The van der Waals surface area contributed by atoms with Crippen LogP contribution in [0.3, 0.4) is 0 Å². The zero-order valence-corrected chi connectivity index (χ0v) is 13.9. The molecule has 0 spiro atoms. The first-order valence-electron chi connectivity index (χ1n) is 7.71. The summed E-state index contributed by atoms with van der Waals surface area (Å²) in [5, 5.41) is 4.01. The lowest BCUT2D eigenvalue weighted by atomic mass is 9.92.